The quantitative estimate of drug-likeness (QED) is 0.567. The molecule has 0 radical (unpaired) electrons. The molecule has 1 aliphatic carbocycles. The summed E-state index contributed by atoms with van der Waals surface area (Å²) in [4.78, 5) is 9.08. The number of benzene rings is 1. The minimum atomic E-state index is 0.529. The van der Waals surface area contributed by atoms with Crippen LogP contribution in [0.5, 0.6) is 0 Å². The molecule has 2 nitrogen and oxygen atoms in total. The lowest BCUT2D eigenvalue weighted by Gasteiger charge is -2.27. The molecule has 0 bridgehead atoms. The van der Waals surface area contributed by atoms with Gasteiger partial charge >= 0.3 is 0 Å². The second-order valence-corrected chi connectivity index (χ2v) is 7.31. The number of aromatic nitrogens is 2. The maximum absolute atomic E-state index is 6.07. The summed E-state index contributed by atoms with van der Waals surface area (Å²) >= 11 is 12.0. The maximum Gasteiger partial charge on any atom is 0.159 e. The Bertz CT molecular complexity index is 702. The lowest BCUT2D eigenvalue weighted by atomic mass is 9.78. The van der Waals surface area contributed by atoms with E-state index in [2.05, 4.69) is 29.0 Å². The topological polar surface area (TPSA) is 25.8 Å². The van der Waals surface area contributed by atoms with Gasteiger partial charge in [-0.3, -0.25) is 0 Å². The summed E-state index contributed by atoms with van der Waals surface area (Å²) in [5.41, 5.74) is 2.15. The van der Waals surface area contributed by atoms with E-state index in [1.54, 1.807) is 6.07 Å². The molecule has 0 atom stereocenters. The molecule has 1 heterocycles. The van der Waals surface area contributed by atoms with Crippen molar-refractivity contribution in [2.24, 2.45) is 5.92 Å². The van der Waals surface area contributed by atoms with Crippen molar-refractivity contribution in [1.29, 1.82) is 0 Å². The molecule has 1 saturated carbocycles. The minimum absolute atomic E-state index is 0.529. The van der Waals surface area contributed by atoms with E-state index < -0.39 is 0 Å². The van der Waals surface area contributed by atoms with Crippen molar-refractivity contribution in [2.45, 2.75) is 44.9 Å². The van der Waals surface area contributed by atoms with Gasteiger partial charge in [0.25, 0.3) is 0 Å². The van der Waals surface area contributed by atoms with Gasteiger partial charge in [-0.25, -0.2) is 9.97 Å². The minimum Gasteiger partial charge on any atom is -0.236 e. The zero-order valence-electron chi connectivity index (χ0n) is 13.9. The van der Waals surface area contributed by atoms with E-state index in [1.165, 1.54) is 37.7 Å². The molecule has 1 aliphatic rings. The Kier molecular flexibility index (Phi) is 5.91. The number of hydrogen-bond acceptors (Lipinski definition) is 2. The molecule has 2 aromatic rings. The van der Waals surface area contributed by atoms with Crippen LogP contribution in [0.25, 0.3) is 11.4 Å². The van der Waals surface area contributed by atoms with E-state index in [9.17, 15) is 0 Å². The number of halogens is 2. The molecular formula is C20H22Cl2N2. The highest BCUT2D eigenvalue weighted by Gasteiger charge is 2.22. The second kappa shape index (κ2) is 8.13. The van der Waals surface area contributed by atoms with Crippen LogP contribution in [0.4, 0.5) is 0 Å². The zero-order chi connectivity index (χ0) is 16.9. The number of nitrogens with zero attached hydrogens (tertiary/aromatic N) is 2. The van der Waals surface area contributed by atoms with Gasteiger partial charge in [0.2, 0.25) is 0 Å². The van der Waals surface area contributed by atoms with Crippen molar-refractivity contribution in [3.05, 3.63) is 58.4 Å². The third-order valence-electron chi connectivity index (χ3n) is 4.87. The molecular weight excluding hydrogens is 339 g/mol. The van der Waals surface area contributed by atoms with Crippen molar-refractivity contribution in [3.63, 3.8) is 0 Å². The van der Waals surface area contributed by atoms with E-state index in [-0.39, 0.29) is 0 Å². The highest BCUT2D eigenvalue weighted by molar-refractivity contribution is 6.42. The predicted octanol–water partition coefficient (Wildman–Crippen LogP) is 6.69. The first-order chi connectivity index (χ1) is 11.7. The number of hydrogen-bond donors (Lipinski definition) is 0. The molecule has 4 heteroatoms. The Labute approximate surface area is 153 Å². The third-order valence-corrected chi connectivity index (χ3v) is 5.61. The van der Waals surface area contributed by atoms with Gasteiger partial charge in [0.05, 0.1) is 10.0 Å². The van der Waals surface area contributed by atoms with Gasteiger partial charge in [-0.15, -0.1) is 0 Å². The molecule has 0 saturated heterocycles. The Morgan fingerprint density at radius 2 is 1.75 bits per heavy atom. The molecule has 0 spiro atoms. The van der Waals surface area contributed by atoms with Crippen molar-refractivity contribution >= 4 is 23.2 Å². The van der Waals surface area contributed by atoms with Crippen LogP contribution < -0.4 is 0 Å². The lowest BCUT2D eigenvalue weighted by Crippen LogP contribution is -2.13. The lowest BCUT2D eigenvalue weighted by molar-refractivity contribution is 0.327. The SMILES string of the molecule is C/C=C/CC1CCC(c2cnc(-c3ccc(Cl)c(Cl)c3)nc2)CC1. The molecule has 1 aromatic carbocycles. The molecule has 0 unspecified atom stereocenters. The summed E-state index contributed by atoms with van der Waals surface area (Å²) in [7, 11) is 0. The van der Waals surface area contributed by atoms with Gasteiger partial charge < -0.3 is 0 Å². The monoisotopic (exact) mass is 360 g/mol. The highest BCUT2D eigenvalue weighted by Crippen LogP contribution is 2.37. The average Bonchev–Trinajstić information content (AvgIpc) is 2.63. The summed E-state index contributed by atoms with van der Waals surface area (Å²) in [6, 6.07) is 5.49. The van der Waals surface area contributed by atoms with Crippen LogP contribution in [0.1, 0.15) is 50.5 Å². The van der Waals surface area contributed by atoms with Crippen LogP contribution in [-0.4, -0.2) is 9.97 Å². The van der Waals surface area contributed by atoms with Crippen LogP contribution >= 0.6 is 23.2 Å². The molecule has 1 fully saturated rings. The molecule has 24 heavy (non-hydrogen) atoms. The van der Waals surface area contributed by atoms with Crippen LogP contribution in [0.15, 0.2) is 42.7 Å². The summed E-state index contributed by atoms with van der Waals surface area (Å²) in [5.74, 6) is 2.13. The van der Waals surface area contributed by atoms with Crippen molar-refractivity contribution in [3.8, 4) is 11.4 Å². The Morgan fingerprint density at radius 1 is 1.04 bits per heavy atom. The Hall–Kier alpha value is -1.38. The summed E-state index contributed by atoms with van der Waals surface area (Å²) < 4.78 is 0. The van der Waals surface area contributed by atoms with Gasteiger partial charge in [-0.2, -0.15) is 0 Å². The zero-order valence-corrected chi connectivity index (χ0v) is 15.4. The summed E-state index contributed by atoms with van der Waals surface area (Å²) in [5, 5.41) is 1.08. The highest BCUT2D eigenvalue weighted by atomic mass is 35.5. The molecule has 0 aliphatic heterocycles. The normalized spacial score (nSPS) is 21.3. The van der Waals surface area contributed by atoms with E-state index in [1.807, 2.05) is 24.5 Å². The van der Waals surface area contributed by atoms with Crippen molar-refractivity contribution in [1.82, 2.24) is 9.97 Å². The Morgan fingerprint density at radius 3 is 2.38 bits per heavy atom. The fourth-order valence-corrected chi connectivity index (χ4v) is 3.69. The van der Waals surface area contributed by atoms with Gasteiger partial charge in [-0.05, 0) is 74.6 Å². The van der Waals surface area contributed by atoms with Gasteiger partial charge in [0.1, 0.15) is 0 Å². The first kappa shape index (κ1) is 17.4. The van der Waals surface area contributed by atoms with Crippen LogP contribution in [0, 0.1) is 5.92 Å². The predicted molar refractivity (Wildman–Crippen MR) is 102 cm³/mol. The van der Waals surface area contributed by atoms with Crippen LogP contribution in [-0.2, 0) is 0 Å². The molecule has 0 N–H and O–H groups in total. The average molecular weight is 361 g/mol. The fraction of sp³-hybridized carbons (Fsp3) is 0.400. The number of rotatable bonds is 4. The molecule has 126 valence electrons. The number of allylic oxidation sites excluding steroid dienone is 2. The maximum atomic E-state index is 6.07. The first-order valence-electron chi connectivity index (χ1n) is 8.56. The van der Waals surface area contributed by atoms with E-state index in [0.29, 0.717) is 21.8 Å². The molecule has 0 amide bonds. The van der Waals surface area contributed by atoms with Gasteiger partial charge in [0, 0.05) is 18.0 Å². The molecule has 1 aromatic heterocycles. The summed E-state index contributed by atoms with van der Waals surface area (Å²) in [6.07, 6.45) is 14.7. The van der Waals surface area contributed by atoms with Crippen molar-refractivity contribution in [2.75, 3.05) is 0 Å². The smallest absolute Gasteiger partial charge is 0.159 e. The van der Waals surface area contributed by atoms with Gasteiger partial charge in [0.15, 0.2) is 5.82 Å². The largest absolute Gasteiger partial charge is 0.236 e. The fourth-order valence-electron chi connectivity index (χ4n) is 3.39. The van der Waals surface area contributed by atoms with Gasteiger partial charge in [-0.1, -0.05) is 35.4 Å². The van der Waals surface area contributed by atoms with E-state index in [4.69, 9.17) is 23.2 Å². The van der Waals surface area contributed by atoms with Crippen LogP contribution in [0.2, 0.25) is 10.0 Å². The van der Waals surface area contributed by atoms with Crippen LogP contribution in [0.3, 0.4) is 0 Å². The Balaban J connectivity index is 1.66. The third kappa shape index (κ3) is 4.17. The van der Waals surface area contributed by atoms with E-state index >= 15 is 0 Å². The van der Waals surface area contributed by atoms with E-state index in [0.717, 1.165) is 11.5 Å². The summed E-state index contributed by atoms with van der Waals surface area (Å²) in [6.45, 7) is 2.10. The second-order valence-electron chi connectivity index (χ2n) is 6.49. The first-order valence-corrected chi connectivity index (χ1v) is 9.31. The van der Waals surface area contributed by atoms with Crippen molar-refractivity contribution < 1.29 is 0 Å². The standard InChI is InChI=1S/C20H22Cl2N2/c1-2-3-4-14-5-7-15(8-6-14)17-12-23-20(24-13-17)16-9-10-18(21)19(22)11-16/h2-3,9-15H,4-8H2,1H3/b3-2+. The molecule has 3 rings (SSSR count).